The van der Waals surface area contributed by atoms with E-state index in [-0.39, 0.29) is 11.5 Å². The molecule has 0 radical (unpaired) electrons. The smallest absolute Gasteiger partial charge is 0.338 e. The van der Waals surface area contributed by atoms with Crippen LogP contribution in [0.15, 0.2) is 53.4 Å². The van der Waals surface area contributed by atoms with Gasteiger partial charge in [-0.25, -0.2) is 13.2 Å². The van der Waals surface area contributed by atoms with Gasteiger partial charge in [-0.1, -0.05) is 11.6 Å². The summed E-state index contributed by atoms with van der Waals surface area (Å²) in [5.41, 5.74) is 0.652. The zero-order valence-corrected chi connectivity index (χ0v) is 14.4. The highest BCUT2D eigenvalue weighted by Gasteiger charge is 2.14. The molecule has 0 heterocycles. The molecule has 0 aliphatic carbocycles. The molecule has 6 nitrogen and oxygen atoms in total. The molecule has 2 rings (SSSR count). The van der Waals surface area contributed by atoms with Crippen molar-refractivity contribution in [3.05, 3.63) is 59.1 Å². The number of hydrogen-bond donors (Lipinski definition) is 1. The predicted octanol–water partition coefficient (Wildman–Crippen LogP) is 2.94. The summed E-state index contributed by atoms with van der Waals surface area (Å²) in [6.45, 7) is 0.463. The molecule has 0 fully saturated rings. The number of esters is 1. The van der Waals surface area contributed by atoms with Crippen LogP contribution in [0.5, 0.6) is 0 Å². The molecular weight excluding hydrogens is 354 g/mol. The van der Waals surface area contributed by atoms with Gasteiger partial charge in [0.05, 0.1) is 17.1 Å². The van der Waals surface area contributed by atoms with Gasteiger partial charge in [0.25, 0.3) is 10.0 Å². The molecule has 0 aliphatic rings. The van der Waals surface area contributed by atoms with Crippen molar-refractivity contribution >= 4 is 33.3 Å². The monoisotopic (exact) mass is 369 g/mol. The first-order chi connectivity index (χ1) is 11.4. The van der Waals surface area contributed by atoms with Crippen LogP contribution in [-0.4, -0.2) is 34.7 Å². The van der Waals surface area contributed by atoms with Crippen LogP contribution in [0.2, 0.25) is 5.02 Å². The number of ether oxygens (including phenoxy) is 2. The third-order valence-electron chi connectivity index (χ3n) is 3.02. The van der Waals surface area contributed by atoms with Crippen LogP contribution < -0.4 is 4.72 Å². The van der Waals surface area contributed by atoms with Crippen molar-refractivity contribution < 1.29 is 22.7 Å². The number of rotatable bonds is 7. The Morgan fingerprint density at radius 3 is 2.25 bits per heavy atom. The van der Waals surface area contributed by atoms with Crippen molar-refractivity contribution in [1.29, 1.82) is 0 Å². The fourth-order valence-corrected chi connectivity index (χ4v) is 2.99. The molecule has 0 aliphatic heterocycles. The minimum Gasteiger partial charge on any atom is -0.460 e. The van der Waals surface area contributed by atoms with E-state index in [1.165, 1.54) is 55.6 Å². The fraction of sp³-hybridized carbons (Fsp3) is 0.188. The van der Waals surface area contributed by atoms with E-state index in [4.69, 9.17) is 21.1 Å². The molecule has 24 heavy (non-hydrogen) atoms. The molecule has 0 saturated carbocycles. The lowest BCUT2D eigenvalue weighted by Gasteiger charge is -2.09. The molecule has 1 N–H and O–H groups in total. The van der Waals surface area contributed by atoms with Gasteiger partial charge < -0.3 is 9.47 Å². The van der Waals surface area contributed by atoms with Gasteiger partial charge in [0.1, 0.15) is 6.61 Å². The molecule has 2 aromatic carbocycles. The third kappa shape index (κ3) is 4.95. The second-order valence-corrected chi connectivity index (χ2v) is 6.88. The Morgan fingerprint density at radius 2 is 1.67 bits per heavy atom. The quantitative estimate of drug-likeness (QED) is 0.599. The van der Waals surface area contributed by atoms with Crippen LogP contribution in [0.1, 0.15) is 10.4 Å². The number of nitrogens with one attached hydrogen (secondary N) is 1. The molecule has 0 amide bonds. The second kappa shape index (κ2) is 8.14. The van der Waals surface area contributed by atoms with E-state index >= 15 is 0 Å². The molecule has 128 valence electrons. The Bertz CT molecular complexity index is 788. The number of anilines is 1. The zero-order chi connectivity index (χ0) is 17.6. The largest absolute Gasteiger partial charge is 0.460 e. The number of carbonyl (C=O) groups is 1. The van der Waals surface area contributed by atoms with Crippen LogP contribution >= 0.6 is 11.6 Å². The minimum absolute atomic E-state index is 0.0925. The summed E-state index contributed by atoms with van der Waals surface area (Å²) in [5.74, 6) is -0.501. The Labute approximate surface area is 145 Å². The van der Waals surface area contributed by atoms with E-state index in [9.17, 15) is 13.2 Å². The normalized spacial score (nSPS) is 11.1. The Hall–Kier alpha value is -2.09. The molecule has 0 bridgehead atoms. The first kappa shape index (κ1) is 18.3. The molecule has 0 unspecified atom stereocenters. The SMILES string of the molecule is COCCOC(=O)c1ccc(NS(=O)(=O)c2ccc(Cl)cc2)cc1. The zero-order valence-electron chi connectivity index (χ0n) is 12.9. The van der Waals surface area contributed by atoms with Gasteiger partial charge in [0.15, 0.2) is 0 Å². The lowest BCUT2D eigenvalue weighted by Crippen LogP contribution is -2.13. The van der Waals surface area contributed by atoms with Gasteiger partial charge in [-0.2, -0.15) is 0 Å². The summed E-state index contributed by atoms with van der Waals surface area (Å²) in [6.07, 6.45) is 0. The van der Waals surface area contributed by atoms with Crippen molar-refractivity contribution in [2.24, 2.45) is 0 Å². The molecule has 0 atom stereocenters. The van der Waals surface area contributed by atoms with E-state index in [2.05, 4.69) is 4.72 Å². The first-order valence-electron chi connectivity index (χ1n) is 6.97. The van der Waals surface area contributed by atoms with Crippen LogP contribution in [0.3, 0.4) is 0 Å². The molecule has 2 aromatic rings. The number of sulfonamides is 1. The third-order valence-corrected chi connectivity index (χ3v) is 4.67. The fourth-order valence-electron chi connectivity index (χ4n) is 1.80. The van der Waals surface area contributed by atoms with Crippen LogP contribution in [0.25, 0.3) is 0 Å². The predicted molar refractivity (Wildman–Crippen MR) is 90.9 cm³/mol. The van der Waals surface area contributed by atoms with Crippen molar-refractivity contribution in [1.82, 2.24) is 0 Å². The van der Waals surface area contributed by atoms with Crippen LogP contribution in [0.4, 0.5) is 5.69 Å². The topological polar surface area (TPSA) is 81.7 Å². The number of carbonyl (C=O) groups excluding carboxylic acids is 1. The van der Waals surface area contributed by atoms with Gasteiger partial charge in [0.2, 0.25) is 0 Å². The number of methoxy groups -OCH3 is 1. The minimum atomic E-state index is -3.72. The second-order valence-electron chi connectivity index (χ2n) is 4.77. The Morgan fingerprint density at radius 1 is 1.04 bits per heavy atom. The van der Waals surface area contributed by atoms with Gasteiger partial charge in [-0.3, -0.25) is 4.72 Å². The molecule has 0 saturated heterocycles. The molecule has 0 spiro atoms. The highest BCUT2D eigenvalue weighted by molar-refractivity contribution is 7.92. The van der Waals surface area contributed by atoms with Crippen LogP contribution in [0, 0.1) is 0 Å². The van der Waals surface area contributed by atoms with Crippen molar-refractivity contribution in [2.75, 3.05) is 25.0 Å². The Balaban J connectivity index is 2.05. The first-order valence-corrected chi connectivity index (χ1v) is 8.83. The maximum Gasteiger partial charge on any atom is 0.338 e. The molecule has 8 heteroatoms. The summed E-state index contributed by atoms with van der Waals surface area (Å²) < 4.78 is 36.7. The van der Waals surface area contributed by atoms with Gasteiger partial charge in [-0.15, -0.1) is 0 Å². The van der Waals surface area contributed by atoms with E-state index in [1.54, 1.807) is 0 Å². The summed E-state index contributed by atoms with van der Waals surface area (Å²) >= 11 is 5.75. The lowest BCUT2D eigenvalue weighted by atomic mass is 10.2. The average molecular weight is 370 g/mol. The standard InChI is InChI=1S/C16H16ClNO5S/c1-22-10-11-23-16(19)12-2-6-14(7-3-12)18-24(20,21)15-8-4-13(17)5-9-15/h2-9,18H,10-11H2,1H3. The Kier molecular flexibility index (Phi) is 6.19. The van der Waals surface area contributed by atoms with Gasteiger partial charge >= 0.3 is 5.97 Å². The highest BCUT2D eigenvalue weighted by atomic mass is 35.5. The van der Waals surface area contributed by atoms with Crippen molar-refractivity contribution in [2.45, 2.75) is 4.90 Å². The number of hydrogen-bond acceptors (Lipinski definition) is 5. The van der Waals surface area contributed by atoms with E-state index in [0.717, 1.165) is 0 Å². The van der Waals surface area contributed by atoms with Gasteiger partial charge in [0, 0.05) is 17.8 Å². The lowest BCUT2D eigenvalue weighted by molar-refractivity contribution is 0.0388. The maximum atomic E-state index is 12.2. The molecular formula is C16H16ClNO5S. The summed E-state index contributed by atoms with van der Waals surface area (Å²) in [6, 6.07) is 11.7. The summed E-state index contributed by atoms with van der Waals surface area (Å²) in [4.78, 5) is 11.8. The van der Waals surface area contributed by atoms with Crippen molar-refractivity contribution in [3.8, 4) is 0 Å². The van der Waals surface area contributed by atoms with E-state index < -0.39 is 16.0 Å². The summed E-state index contributed by atoms with van der Waals surface area (Å²) in [7, 11) is -2.21. The van der Waals surface area contributed by atoms with E-state index in [0.29, 0.717) is 22.9 Å². The van der Waals surface area contributed by atoms with Gasteiger partial charge in [-0.05, 0) is 48.5 Å². The van der Waals surface area contributed by atoms with E-state index in [1.807, 2.05) is 0 Å². The highest BCUT2D eigenvalue weighted by Crippen LogP contribution is 2.19. The average Bonchev–Trinajstić information content (AvgIpc) is 2.55. The summed E-state index contributed by atoms with van der Waals surface area (Å²) in [5, 5.41) is 0.449. The maximum absolute atomic E-state index is 12.2. The number of benzene rings is 2. The van der Waals surface area contributed by atoms with Crippen molar-refractivity contribution in [3.63, 3.8) is 0 Å². The van der Waals surface area contributed by atoms with Crippen LogP contribution in [-0.2, 0) is 19.5 Å². The number of halogens is 1. The molecule has 0 aromatic heterocycles.